The van der Waals surface area contributed by atoms with E-state index in [0.717, 1.165) is 25.7 Å². The van der Waals surface area contributed by atoms with E-state index in [9.17, 15) is 9.59 Å². The van der Waals surface area contributed by atoms with E-state index in [1.807, 2.05) is 0 Å². The lowest BCUT2D eigenvalue weighted by Gasteiger charge is -2.07. The maximum absolute atomic E-state index is 11.5. The Morgan fingerprint density at radius 3 is 2.38 bits per heavy atom. The van der Waals surface area contributed by atoms with Crippen LogP contribution < -0.4 is 5.32 Å². The first-order valence-corrected chi connectivity index (χ1v) is 8.48. The first-order chi connectivity index (χ1) is 10.1. The van der Waals surface area contributed by atoms with E-state index in [4.69, 9.17) is 4.74 Å². The number of carbonyl (C=O) groups excluding carboxylic acids is 2. The van der Waals surface area contributed by atoms with Crippen molar-refractivity contribution in [3.63, 3.8) is 0 Å². The molecule has 0 heterocycles. The van der Waals surface area contributed by atoms with Crippen LogP contribution in [0.25, 0.3) is 0 Å². The molecule has 0 atom stereocenters. The fourth-order valence-electron chi connectivity index (χ4n) is 2.03. The van der Waals surface area contributed by atoms with Gasteiger partial charge in [0, 0.05) is 13.0 Å². The number of amides is 1. The molecule has 0 unspecified atom stereocenters. The summed E-state index contributed by atoms with van der Waals surface area (Å²) in [5.41, 5.74) is 0. The van der Waals surface area contributed by atoms with Gasteiger partial charge in [-0.2, -0.15) is 0 Å². The van der Waals surface area contributed by atoms with Crippen LogP contribution in [-0.4, -0.2) is 25.0 Å². The second kappa shape index (κ2) is 13.9. The third kappa shape index (κ3) is 15.2. The lowest BCUT2D eigenvalue weighted by atomic mass is 10.1. The molecule has 0 bridgehead atoms. The van der Waals surface area contributed by atoms with E-state index in [1.54, 1.807) is 0 Å². The molecule has 124 valence electrons. The Hall–Kier alpha value is -1.06. The van der Waals surface area contributed by atoms with Gasteiger partial charge in [-0.25, -0.2) is 0 Å². The summed E-state index contributed by atoms with van der Waals surface area (Å²) in [7, 11) is 0. The van der Waals surface area contributed by atoms with Gasteiger partial charge in [0.15, 0.2) is 0 Å². The van der Waals surface area contributed by atoms with Gasteiger partial charge in [0.1, 0.15) is 0 Å². The zero-order valence-corrected chi connectivity index (χ0v) is 14.1. The minimum absolute atomic E-state index is 0.0408. The number of carbonyl (C=O) groups is 2. The Morgan fingerprint density at radius 2 is 1.71 bits per heavy atom. The van der Waals surface area contributed by atoms with E-state index in [1.165, 1.54) is 19.3 Å². The molecule has 0 rings (SSSR count). The summed E-state index contributed by atoms with van der Waals surface area (Å²) in [4.78, 5) is 23.0. The molecule has 0 aromatic heterocycles. The highest BCUT2D eigenvalue weighted by Crippen LogP contribution is 2.05. The fraction of sp³-hybridized carbons (Fsp3) is 0.882. The van der Waals surface area contributed by atoms with Crippen LogP contribution in [0.5, 0.6) is 0 Å². The quantitative estimate of drug-likeness (QED) is 0.415. The van der Waals surface area contributed by atoms with Crippen molar-refractivity contribution in [1.29, 1.82) is 0 Å². The van der Waals surface area contributed by atoms with Crippen molar-refractivity contribution in [3.8, 4) is 0 Å². The molecule has 0 radical (unpaired) electrons. The number of nitrogens with one attached hydrogen (secondary N) is 1. The Labute approximate surface area is 130 Å². The smallest absolute Gasteiger partial charge is 0.307 e. The molecule has 0 spiro atoms. The lowest BCUT2D eigenvalue weighted by Crippen LogP contribution is -2.26. The highest BCUT2D eigenvalue weighted by Gasteiger charge is 2.05. The van der Waals surface area contributed by atoms with Gasteiger partial charge in [-0.15, -0.1) is 0 Å². The molecule has 0 aliphatic rings. The van der Waals surface area contributed by atoms with Gasteiger partial charge in [-0.05, 0) is 25.2 Å². The summed E-state index contributed by atoms with van der Waals surface area (Å²) < 4.78 is 5.11. The molecule has 4 heteroatoms. The van der Waals surface area contributed by atoms with Crippen molar-refractivity contribution in [2.45, 2.75) is 78.6 Å². The van der Waals surface area contributed by atoms with Gasteiger partial charge in [-0.3, -0.25) is 9.59 Å². The normalized spacial score (nSPS) is 10.7. The molecule has 0 aliphatic heterocycles. The molecule has 0 saturated carbocycles. The summed E-state index contributed by atoms with van der Waals surface area (Å²) >= 11 is 0. The molecular formula is C17H33NO3. The molecule has 0 aromatic carbocycles. The average Bonchev–Trinajstić information content (AvgIpc) is 2.43. The van der Waals surface area contributed by atoms with E-state index in [0.29, 0.717) is 25.5 Å². The topological polar surface area (TPSA) is 55.4 Å². The van der Waals surface area contributed by atoms with Gasteiger partial charge in [-0.1, -0.05) is 46.5 Å². The number of hydrogen-bond acceptors (Lipinski definition) is 3. The average molecular weight is 299 g/mol. The Kier molecular flexibility index (Phi) is 13.2. The van der Waals surface area contributed by atoms with Crippen molar-refractivity contribution in [1.82, 2.24) is 5.32 Å². The van der Waals surface area contributed by atoms with Gasteiger partial charge in [0.25, 0.3) is 0 Å². The Balaban J connectivity index is 3.38. The molecular weight excluding hydrogens is 266 g/mol. The first kappa shape index (κ1) is 19.9. The second-order valence-electron chi connectivity index (χ2n) is 6.02. The predicted octanol–water partition coefficient (Wildman–Crippen LogP) is 3.83. The minimum atomic E-state index is -0.220. The second-order valence-corrected chi connectivity index (χ2v) is 6.02. The summed E-state index contributed by atoms with van der Waals surface area (Å²) in [5.74, 6) is 0.460. The zero-order chi connectivity index (χ0) is 15.9. The van der Waals surface area contributed by atoms with Crippen molar-refractivity contribution in [3.05, 3.63) is 0 Å². The predicted molar refractivity (Wildman–Crippen MR) is 86.0 cm³/mol. The fourth-order valence-corrected chi connectivity index (χ4v) is 2.03. The monoisotopic (exact) mass is 299 g/mol. The Bertz CT molecular complexity index is 277. The maximum Gasteiger partial charge on any atom is 0.307 e. The van der Waals surface area contributed by atoms with Crippen LogP contribution >= 0.6 is 0 Å². The van der Waals surface area contributed by atoms with Crippen LogP contribution in [-0.2, 0) is 14.3 Å². The summed E-state index contributed by atoms with van der Waals surface area (Å²) in [6.45, 7) is 7.35. The number of unbranched alkanes of at least 4 members (excludes halogenated alkanes) is 4. The molecule has 0 aromatic rings. The summed E-state index contributed by atoms with van der Waals surface area (Å²) in [5, 5.41) is 2.77. The highest BCUT2D eigenvalue weighted by atomic mass is 16.5. The van der Waals surface area contributed by atoms with Gasteiger partial charge in [0.05, 0.1) is 13.0 Å². The van der Waals surface area contributed by atoms with E-state index < -0.39 is 0 Å². The van der Waals surface area contributed by atoms with Gasteiger partial charge >= 0.3 is 5.97 Å². The molecule has 1 amide bonds. The van der Waals surface area contributed by atoms with E-state index in [-0.39, 0.29) is 18.3 Å². The minimum Gasteiger partial charge on any atom is -0.466 e. The number of hydrogen-bond donors (Lipinski definition) is 1. The molecule has 21 heavy (non-hydrogen) atoms. The maximum atomic E-state index is 11.5. The highest BCUT2D eigenvalue weighted by molar-refractivity contribution is 5.76. The van der Waals surface area contributed by atoms with Crippen LogP contribution in [0.4, 0.5) is 0 Å². The van der Waals surface area contributed by atoms with Gasteiger partial charge < -0.3 is 10.1 Å². The van der Waals surface area contributed by atoms with Crippen LogP contribution in [0.3, 0.4) is 0 Å². The first-order valence-electron chi connectivity index (χ1n) is 8.48. The molecule has 1 N–H and O–H groups in total. The largest absolute Gasteiger partial charge is 0.466 e. The van der Waals surface area contributed by atoms with Crippen molar-refractivity contribution in [2.24, 2.45) is 5.92 Å². The van der Waals surface area contributed by atoms with Gasteiger partial charge in [0.2, 0.25) is 5.91 Å². The number of rotatable bonds is 13. The molecule has 0 aliphatic carbocycles. The summed E-state index contributed by atoms with van der Waals surface area (Å²) in [6.07, 6.45) is 8.51. The Morgan fingerprint density at radius 1 is 1.00 bits per heavy atom. The summed E-state index contributed by atoms with van der Waals surface area (Å²) in [6, 6.07) is 0. The number of ether oxygens (including phenoxy) is 1. The zero-order valence-electron chi connectivity index (χ0n) is 14.1. The molecule has 0 fully saturated rings. The van der Waals surface area contributed by atoms with Crippen LogP contribution in [0.1, 0.15) is 78.6 Å². The van der Waals surface area contributed by atoms with Crippen molar-refractivity contribution in [2.75, 3.05) is 13.2 Å². The number of esters is 1. The van der Waals surface area contributed by atoms with Crippen LogP contribution in [0, 0.1) is 5.92 Å². The van der Waals surface area contributed by atoms with Crippen molar-refractivity contribution >= 4 is 11.9 Å². The lowest BCUT2D eigenvalue weighted by molar-refractivity contribution is -0.143. The van der Waals surface area contributed by atoms with E-state index >= 15 is 0 Å². The third-order valence-electron chi connectivity index (χ3n) is 3.35. The molecule has 0 saturated heterocycles. The van der Waals surface area contributed by atoms with Crippen molar-refractivity contribution < 1.29 is 14.3 Å². The molecule has 4 nitrogen and oxygen atoms in total. The standard InChI is InChI=1S/C17H33NO3/c1-4-5-6-7-8-11-16(19)18-13-12-17(20)21-14-9-10-15(2)3/h15H,4-14H2,1-3H3,(H,18,19). The third-order valence-corrected chi connectivity index (χ3v) is 3.35. The van der Waals surface area contributed by atoms with E-state index in [2.05, 4.69) is 26.1 Å². The van der Waals surface area contributed by atoms with Crippen LogP contribution in [0.2, 0.25) is 0 Å². The van der Waals surface area contributed by atoms with Crippen LogP contribution in [0.15, 0.2) is 0 Å². The SMILES string of the molecule is CCCCCCCC(=O)NCCC(=O)OCCCC(C)C.